The van der Waals surface area contributed by atoms with Crippen LogP contribution in [0.15, 0.2) is 66.7 Å². The van der Waals surface area contributed by atoms with E-state index in [9.17, 15) is 19.2 Å². The van der Waals surface area contributed by atoms with Gasteiger partial charge in [-0.15, -0.1) is 11.3 Å². The Morgan fingerprint density at radius 2 is 1.62 bits per heavy atom. The Hall–Kier alpha value is -3.44. The number of carbonyl (C=O) groups is 4. The molecule has 0 amide bonds. The zero-order valence-corrected chi connectivity index (χ0v) is 33.8. The van der Waals surface area contributed by atoms with Gasteiger partial charge in [0.1, 0.15) is 17.3 Å². The SMILES string of the molecule is CC(=O)c1ccc(-c2cccc(C3CC3(C)CC(=O)CC3(C(C)=O)CC3C/C=C(/c3ccccc3CCCCC(=O)C(C)(C)C)C3CCCCC3)c2)s1. The summed E-state index contributed by atoms with van der Waals surface area (Å²) < 4.78 is 0. The summed E-state index contributed by atoms with van der Waals surface area (Å²) in [7, 11) is 0. The highest BCUT2D eigenvalue weighted by Crippen LogP contribution is 2.63. The third kappa shape index (κ3) is 9.27. The van der Waals surface area contributed by atoms with Crippen LogP contribution in [0.3, 0.4) is 0 Å². The molecule has 282 valence electrons. The number of Topliss-reactive ketones (excluding diaryl/α,β-unsaturated/α-hetero) is 4. The molecule has 3 aliphatic rings. The van der Waals surface area contributed by atoms with E-state index < -0.39 is 5.41 Å². The van der Waals surface area contributed by atoms with Crippen molar-refractivity contribution in [3.8, 4) is 10.4 Å². The minimum atomic E-state index is -0.529. The van der Waals surface area contributed by atoms with Crippen molar-refractivity contribution in [3.63, 3.8) is 0 Å². The monoisotopic (exact) mass is 732 g/mol. The highest BCUT2D eigenvalue weighted by atomic mass is 32.1. The van der Waals surface area contributed by atoms with Gasteiger partial charge in [-0.05, 0) is 128 Å². The van der Waals surface area contributed by atoms with E-state index in [-0.39, 0.29) is 34.1 Å². The maximum atomic E-state index is 13.8. The van der Waals surface area contributed by atoms with E-state index in [1.807, 2.05) is 32.9 Å². The number of hydrogen-bond donors (Lipinski definition) is 0. The Bertz CT molecular complexity index is 1870. The molecule has 4 atom stereocenters. The number of hydrogen-bond acceptors (Lipinski definition) is 5. The third-order valence-corrected chi connectivity index (χ3v) is 14.1. The number of unbranched alkanes of at least 4 members (excludes halogenated alkanes) is 1. The van der Waals surface area contributed by atoms with E-state index in [1.54, 1.807) is 13.8 Å². The fraction of sp³-hybridized carbons (Fsp3) is 0.542. The number of ketones is 4. The number of aryl methyl sites for hydroxylation is 1. The molecule has 0 bridgehead atoms. The predicted molar refractivity (Wildman–Crippen MR) is 218 cm³/mol. The van der Waals surface area contributed by atoms with E-state index in [0.29, 0.717) is 36.9 Å². The molecule has 0 saturated heterocycles. The lowest BCUT2D eigenvalue weighted by Gasteiger charge is -2.27. The first-order valence-electron chi connectivity index (χ1n) is 20.3. The van der Waals surface area contributed by atoms with Gasteiger partial charge in [-0.2, -0.15) is 0 Å². The molecule has 5 heteroatoms. The minimum Gasteiger partial charge on any atom is -0.300 e. The van der Waals surface area contributed by atoms with Crippen LogP contribution in [0.2, 0.25) is 0 Å². The average Bonchev–Trinajstić information content (AvgIpc) is 3.92. The topological polar surface area (TPSA) is 68.3 Å². The largest absolute Gasteiger partial charge is 0.300 e. The number of thiophene rings is 1. The Labute approximate surface area is 322 Å². The second-order valence-corrected chi connectivity index (χ2v) is 19.1. The molecule has 3 fully saturated rings. The normalized spacial score (nSPS) is 24.5. The van der Waals surface area contributed by atoms with Crippen LogP contribution < -0.4 is 0 Å². The maximum Gasteiger partial charge on any atom is 0.169 e. The fourth-order valence-corrected chi connectivity index (χ4v) is 10.1. The van der Waals surface area contributed by atoms with Gasteiger partial charge in [-0.1, -0.05) is 102 Å². The molecule has 53 heavy (non-hydrogen) atoms. The molecule has 2 aromatic carbocycles. The van der Waals surface area contributed by atoms with Crippen LogP contribution in [0.4, 0.5) is 0 Å². The summed E-state index contributed by atoms with van der Waals surface area (Å²) in [5.41, 5.74) is 5.63. The van der Waals surface area contributed by atoms with E-state index in [4.69, 9.17) is 0 Å². The summed E-state index contributed by atoms with van der Waals surface area (Å²) in [6.07, 6.45) is 15.7. The molecule has 3 aromatic rings. The summed E-state index contributed by atoms with van der Waals surface area (Å²) in [6.45, 7) is 11.6. The smallest absolute Gasteiger partial charge is 0.169 e. The number of rotatable bonds is 17. The zero-order valence-electron chi connectivity index (χ0n) is 33.0. The van der Waals surface area contributed by atoms with Gasteiger partial charge in [0.2, 0.25) is 0 Å². The first-order chi connectivity index (χ1) is 25.2. The highest BCUT2D eigenvalue weighted by Gasteiger charge is 2.59. The lowest BCUT2D eigenvalue weighted by atomic mass is 9.78. The second-order valence-electron chi connectivity index (χ2n) is 18.0. The van der Waals surface area contributed by atoms with Crippen LogP contribution in [0.5, 0.6) is 0 Å². The van der Waals surface area contributed by atoms with Crippen molar-refractivity contribution < 1.29 is 19.2 Å². The Morgan fingerprint density at radius 1 is 0.868 bits per heavy atom. The lowest BCUT2D eigenvalue weighted by Crippen LogP contribution is -2.21. The van der Waals surface area contributed by atoms with Crippen LogP contribution in [0.25, 0.3) is 16.0 Å². The van der Waals surface area contributed by atoms with Crippen LogP contribution in [0.1, 0.15) is 157 Å². The van der Waals surface area contributed by atoms with Gasteiger partial charge in [-0.3, -0.25) is 19.2 Å². The van der Waals surface area contributed by atoms with Crippen molar-refractivity contribution in [2.24, 2.45) is 28.1 Å². The Balaban J connectivity index is 1.11. The number of benzene rings is 2. The van der Waals surface area contributed by atoms with Crippen LogP contribution in [-0.2, 0) is 20.8 Å². The van der Waals surface area contributed by atoms with Gasteiger partial charge >= 0.3 is 0 Å². The molecule has 3 saturated carbocycles. The Kier molecular flexibility index (Phi) is 11.9. The lowest BCUT2D eigenvalue weighted by molar-refractivity contribution is -0.129. The molecule has 0 aliphatic heterocycles. The molecule has 4 unspecified atom stereocenters. The van der Waals surface area contributed by atoms with E-state index in [0.717, 1.165) is 53.8 Å². The minimum absolute atomic E-state index is 0.0874. The molecule has 1 heterocycles. The predicted octanol–water partition coefficient (Wildman–Crippen LogP) is 12.4. The molecule has 0 radical (unpaired) electrons. The van der Waals surface area contributed by atoms with Gasteiger partial charge in [0, 0.05) is 35.0 Å². The molecular weight excluding hydrogens is 673 g/mol. The first kappa shape index (κ1) is 39.3. The van der Waals surface area contributed by atoms with E-state index in [1.165, 1.54) is 65.7 Å². The van der Waals surface area contributed by atoms with Crippen molar-refractivity contribution in [1.29, 1.82) is 0 Å². The molecular formula is C48H60O4S. The van der Waals surface area contributed by atoms with Gasteiger partial charge in [-0.25, -0.2) is 0 Å². The number of carbonyl (C=O) groups excluding carboxylic acids is 4. The van der Waals surface area contributed by atoms with Crippen molar-refractivity contribution in [2.75, 3.05) is 0 Å². The van der Waals surface area contributed by atoms with Crippen molar-refractivity contribution in [3.05, 3.63) is 88.3 Å². The molecule has 1 aromatic heterocycles. The molecule has 0 N–H and O–H groups in total. The van der Waals surface area contributed by atoms with Crippen LogP contribution in [0, 0.1) is 28.1 Å². The zero-order chi connectivity index (χ0) is 38.0. The van der Waals surface area contributed by atoms with E-state index >= 15 is 0 Å². The van der Waals surface area contributed by atoms with Crippen molar-refractivity contribution >= 4 is 40.0 Å². The van der Waals surface area contributed by atoms with Gasteiger partial charge in [0.25, 0.3) is 0 Å². The standard InChI is InChI=1S/C48H60O4S/c1-32(49)43-25-26-44(53-43)37-20-14-19-36(27-37)42-31-47(42,6)29-39(51)30-48(33(2)50)28-38(48)23-24-41(35-15-8-7-9-16-35)40-21-12-10-17-34(40)18-11-13-22-45(52)46(3,4)5/h10,12,14,17,19-21,24-27,35,38,42H,7-9,11,13,15-16,18,22-23,28-31H2,1-6H3/b41-24+. The first-order valence-corrected chi connectivity index (χ1v) is 21.1. The number of allylic oxidation sites excluding steroid dienone is 2. The summed E-state index contributed by atoms with van der Waals surface area (Å²) in [4.78, 5) is 53.3. The summed E-state index contributed by atoms with van der Waals surface area (Å²) in [5.74, 6) is 1.87. The third-order valence-electron chi connectivity index (χ3n) is 12.9. The second kappa shape index (κ2) is 16.1. The fourth-order valence-electron chi connectivity index (χ4n) is 9.22. The average molecular weight is 733 g/mol. The molecule has 6 rings (SSSR count). The van der Waals surface area contributed by atoms with Crippen molar-refractivity contribution in [2.45, 2.75) is 137 Å². The summed E-state index contributed by atoms with van der Waals surface area (Å²) in [6, 6.07) is 21.4. The van der Waals surface area contributed by atoms with E-state index in [2.05, 4.69) is 61.5 Å². The summed E-state index contributed by atoms with van der Waals surface area (Å²) in [5, 5.41) is 0. The van der Waals surface area contributed by atoms with Crippen LogP contribution in [-0.4, -0.2) is 23.1 Å². The molecule has 0 spiro atoms. The van der Waals surface area contributed by atoms with Crippen LogP contribution >= 0.6 is 11.3 Å². The van der Waals surface area contributed by atoms with Crippen molar-refractivity contribution in [1.82, 2.24) is 0 Å². The maximum absolute atomic E-state index is 13.8. The van der Waals surface area contributed by atoms with Gasteiger partial charge in [0.15, 0.2) is 5.78 Å². The van der Waals surface area contributed by atoms with Gasteiger partial charge < -0.3 is 0 Å². The van der Waals surface area contributed by atoms with Gasteiger partial charge in [0.05, 0.1) is 4.88 Å². The highest BCUT2D eigenvalue weighted by molar-refractivity contribution is 7.17. The quantitative estimate of drug-likeness (QED) is 0.102. The summed E-state index contributed by atoms with van der Waals surface area (Å²) >= 11 is 1.53. The molecule has 4 nitrogen and oxygen atoms in total. The Morgan fingerprint density at radius 3 is 2.32 bits per heavy atom. The molecule has 3 aliphatic carbocycles.